The molecule has 0 spiro atoms. The summed E-state index contributed by atoms with van der Waals surface area (Å²) < 4.78 is 23.5. The molecule has 7 heteroatoms. The molecule has 0 radical (unpaired) electrons. The Morgan fingerprint density at radius 1 is 1.23 bits per heavy atom. The van der Waals surface area contributed by atoms with Gasteiger partial charge in [0.25, 0.3) is 11.8 Å². The predicted molar refractivity (Wildman–Crippen MR) is 93.1 cm³/mol. The third-order valence-corrected chi connectivity index (χ3v) is 3.45. The van der Waals surface area contributed by atoms with Gasteiger partial charge >= 0.3 is 0 Å². The van der Waals surface area contributed by atoms with Crippen molar-refractivity contribution in [3.05, 3.63) is 65.8 Å². The Kier molecular flexibility index (Phi) is 5.26. The number of ether oxygens (including phenoxy) is 1. The van der Waals surface area contributed by atoms with E-state index in [1.807, 2.05) is 13.8 Å². The first kappa shape index (κ1) is 17.6. The van der Waals surface area contributed by atoms with Crippen molar-refractivity contribution in [1.29, 1.82) is 0 Å². The minimum Gasteiger partial charge on any atom is -0.484 e. The van der Waals surface area contributed by atoms with Gasteiger partial charge in [-0.3, -0.25) is 4.79 Å². The highest BCUT2D eigenvalue weighted by Gasteiger charge is 2.12. The predicted octanol–water partition coefficient (Wildman–Crippen LogP) is 3.59. The maximum Gasteiger partial charge on any atom is 0.264 e. The highest BCUT2D eigenvalue weighted by molar-refractivity contribution is 5.95. The summed E-state index contributed by atoms with van der Waals surface area (Å²) >= 11 is 0. The number of carbonyl (C=O) groups is 1. The second-order valence-electron chi connectivity index (χ2n) is 5.96. The average molecular weight is 355 g/mol. The number of nitrogens with one attached hydrogen (secondary N) is 1. The number of aromatic nitrogens is 2. The Morgan fingerprint density at radius 3 is 2.73 bits per heavy atom. The van der Waals surface area contributed by atoms with Gasteiger partial charge in [0.15, 0.2) is 6.61 Å². The van der Waals surface area contributed by atoms with E-state index in [4.69, 9.17) is 9.26 Å². The molecule has 0 saturated heterocycles. The van der Waals surface area contributed by atoms with Crippen molar-refractivity contribution >= 4 is 5.91 Å². The molecule has 1 N–H and O–H groups in total. The summed E-state index contributed by atoms with van der Waals surface area (Å²) in [6.07, 6.45) is 0. The maximum atomic E-state index is 12.9. The zero-order valence-corrected chi connectivity index (χ0v) is 14.4. The summed E-state index contributed by atoms with van der Waals surface area (Å²) in [7, 11) is 0. The first-order valence-electron chi connectivity index (χ1n) is 8.13. The molecule has 0 fully saturated rings. The molecule has 0 saturated carbocycles. The van der Waals surface area contributed by atoms with E-state index in [0.717, 1.165) is 0 Å². The lowest BCUT2D eigenvalue weighted by Crippen LogP contribution is -2.30. The lowest BCUT2D eigenvalue weighted by Gasteiger charge is -2.08. The Labute approximate surface area is 150 Å². The van der Waals surface area contributed by atoms with Crippen LogP contribution in [-0.2, 0) is 6.61 Å². The third-order valence-electron chi connectivity index (χ3n) is 3.45. The number of halogens is 1. The van der Waals surface area contributed by atoms with Crippen molar-refractivity contribution in [2.24, 2.45) is 0 Å². The molecular formula is C19H18FN3O3. The van der Waals surface area contributed by atoms with E-state index in [1.54, 1.807) is 24.3 Å². The fourth-order valence-corrected chi connectivity index (χ4v) is 2.25. The molecule has 0 aliphatic heterocycles. The standard InChI is InChI=1S/C19H18FN3O3/c1-12(2)21-19(24)14-5-3-4-13(10-14)18-22-17(26-23-18)11-25-16-8-6-15(20)7-9-16/h3-10,12H,11H2,1-2H3,(H,21,24). The van der Waals surface area contributed by atoms with Crippen LogP contribution in [0, 0.1) is 5.82 Å². The molecule has 0 bridgehead atoms. The molecular weight excluding hydrogens is 337 g/mol. The van der Waals surface area contributed by atoms with Crippen LogP contribution in [-0.4, -0.2) is 22.1 Å². The summed E-state index contributed by atoms with van der Waals surface area (Å²) in [5.74, 6) is 0.644. The Balaban J connectivity index is 1.69. The molecule has 134 valence electrons. The SMILES string of the molecule is CC(C)NC(=O)c1cccc(-c2noc(COc3ccc(F)cc3)n2)c1. The van der Waals surface area contributed by atoms with Gasteiger partial charge in [0.05, 0.1) is 0 Å². The van der Waals surface area contributed by atoms with Crippen LogP contribution in [0.3, 0.4) is 0 Å². The van der Waals surface area contributed by atoms with Crippen LogP contribution in [0.4, 0.5) is 4.39 Å². The monoisotopic (exact) mass is 355 g/mol. The van der Waals surface area contributed by atoms with Gasteiger partial charge in [-0.1, -0.05) is 17.3 Å². The van der Waals surface area contributed by atoms with E-state index in [2.05, 4.69) is 15.5 Å². The van der Waals surface area contributed by atoms with Gasteiger partial charge in [0, 0.05) is 17.2 Å². The van der Waals surface area contributed by atoms with Gasteiger partial charge in [-0.05, 0) is 50.2 Å². The molecule has 0 atom stereocenters. The molecule has 0 unspecified atom stereocenters. The van der Waals surface area contributed by atoms with E-state index < -0.39 is 0 Å². The minimum atomic E-state index is -0.334. The molecule has 1 heterocycles. The summed E-state index contributed by atoms with van der Waals surface area (Å²) in [6, 6.07) is 12.7. The van der Waals surface area contributed by atoms with Gasteiger partial charge in [-0.25, -0.2) is 4.39 Å². The first-order valence-corrected chi connectivity index (χ1v) is 8.13. The van der Waals surface area contributed by atoms with Crippen LogP contribution in [0.5, 0.6) is 5.75 Å². The molecule has 6 nitrogen and oxygen atoms in total. The van der Waals surface area contributed by atoms with E-state index in [0.29, 0.717) is 22.7 Å². The Bertz CT molecular complexity index is 891. The molecule has 3 rings (SSSR count). The van der Waals surface area contributed by atoms with Crippen LogP contribution in [0.25, 0.3) is 11.4 Å². The fourth-order valence-electron chi connectivity index (χ4n) is 2.25. The zero-order valence-electron chi connectivity index (χ0n) is 14.4. The molecule has 1 amide bonds. The summed E-state index contributed by atoms with van der Waals surface area (Å²) in [4.78, 5) is 16.4. The lowest BCUT2D eigenvalue weighted by atomic mass is 10.1. The zero-order chi connectivity index (χ0) is 18.5. The average Bonchev–Trinajstić information content (AvgIpc) is 3.10. The highest BCUT2D eigenvalue weighted by Crippen LogP contribution is 2.19. The number of rotatable bonds is 6. The highest BCUT2D eigenvalue weighted by atomic mass is 19.1. The van der Waals surface area contributed by atoms with Gasteiger partial charge < -0.3 is 14.6 Å². The smallest absolute Gasteiger partial charge is 0.264 e. The normalized spacial score (nSPS) is 10.8. The Morgan fingerprint density at radius 2 is 2.00 bits per heavy atom. The second-order valence-corrected chi connectivity index (χ2v) is 5.96. The molecule has 0 aliphatic rings. The van der Waals surface area contributed by atoms with Crippen LogP contribution in [0.1, 0.15) is 30.1 Å². The van der Waals surface area contributed by atoms with E-state index in [-0.39, 0.29) is 30.3 Å². The van der Waals surface area contributed by atoms with E-state index in [1.165, 1.54) is 24.3 Å². The van der Waals surface area contributed by atoms with Crippen LogP contribution >= 0.6 is 0 Å². The van der Waals surface area contributed by atoms with Crippen molar-refractivity contribution in [1.82, 2.24) is 15.5 Å². The molecule has 26 heavy (non-hydrogen) atoms. The van der Waals surface area contributed by atoms with Gasteiger partial charge in [0.2, 0.25) is 5.82 Å². The number of hydrogen-bond donors (Lipinski definition) is 1. The summed E-state index contributed by atoms with van der Waals surface area (Å²) in [5.41, 5.74) is 1.18. The summed E-state index contributed by atoms with van der Waals surface area (Å²) in [6.45, 7) is 3.86. The largest absolute Gasteiger partial charge is 0.484 e. The number of nitrogens with zero attached hydrogens (tertiary/aromatic N) is 2. The van der Waals surface area contributed by atoms with E-state index in [9.17, 15) is 9.18 Å². The van der Waals surface area contributed by atoms with Crippen LogP contribution in [0.15, 0.2) is 53.1 Å². The first-order chi connectivity index (χ1) is 12.5. The molecule has 2 aromatic carbocycles. The minimum absolute atomic E-state index is 0.0477. The fraction of sp³-hybridized carbons (Fsp3) is 0.211. The number of amides is 1. The van der Waals surface area contributed by atoms with E-state index >= 15 is 0 Å². The molecule has 0 aliphatic carbocycles. The van der Waals surface area contributed by atoms with Crippen LogP contribution < -0.4 is 10.1 Å². The van der Waals surface area contributed by atoms with Crippen molar-refractivity contribution in [3.8, 4) is 17.1 Å². The topological polar surface area (TPSA) is 77.2 Å². The van der Waals surface area contributed by atoms with Crippen LogP contribution in [0.2, 0.25) is 0 Å². The van der Waals surface area contributed by atoms with Gasteiger partial charge in [0.1, 0.15) is 11.6 Å². The maximum absolute atomic E-state index is 12.9. The molecule has 3 aromatic rings. The lowest BCUT2D eigenvalue weighted by molar-refractivity contribution is 0.0943. The van der Waals surface area contributed by atoms with Crippen molar-refractivity contribution in [2.75, 3.05) is 0 Å². The van der Waals surface area contributed by atoms with Crippen molar-refractivity contribution in [2.45, 2.75) is 26.5 Å². The number of hydrogen-bond acceptors (Lipinski definition) is 5. The summed E-state index contributed by atoms with van der Waals surface area (Å²) in [5, 5.41) is 6.75. The second kappa shape index (κ2) is 7.77. The van der Waals surface area contributed by atoms with Crippen molar-refractivity contribution < 1.29 is 18.4 Å². The number of benzene rings is 2. The van der Waals surface area contributed by atoms with Crippen molar-refractivity contribution in [3.63, 3.8) is 0 Å². The molecule has 1 aromatic heterocycles. The quantitative estimate of drug-likeness (QED) is 0.731. The van der Waals surface area contributed by atoms with Gasteiger partial charge in [-0.15, -0.1) is 0 Å². The third kappa shape index (κ3) is 4.44. The Hall–Kier alpha value is -3.22. The number of carbonyl (C=O) groups excluding carboxylic acids is 1. The van der Waals surface area contributed by atoms with Gasteiger partial charge in [-0.2, -0.15) is 4.98 Å².